The molecule has 0 atom stereocenters. The van der Waals surface area contributed by atoms with Gasteiger partial charge >= 0.3 is 0 Å². The largest absolute Gasteiger partial charge is 0.461 e. The molecule has 0 aliphatic heterocycles. The van der Waals surface area contributed by atoms with Crippen molar-refractivity contribution < 1.29 is 13.7 Å². The second kappa shape index (κ2) is 6.79. The predicted octanol–water partition coefficient (Wildman–Crippen LogP) is 4.81. The van der Waals surface area contributed by atoms with Gasteiger partial charge in [0.15, 0.2) is 11.5 Å². The number of carbonyl (C=O) groups excluding carboxylic acids is 1. The van der Waals surface area contributed by atoms with E-state index in [1.165, 1.54) is 6.26 Å². The van der Waals surface area contributed by atoms with Crippen LogP contribution in [-0.4, -0.2) is 20.4 Å². The van der Waals surface area contributed by atoms with E-state index in [0.717, 1.165) is 22.5 Å². The molecule has 0 saturated carbocycles. The zero-order chi connectivity index (χ0) is 19.8. The highest BCUT2D eigenvalue weighted by Gasteiger charge is 2.16. The molecule has 0 aliphatic rings. The molecule has 4 aromatic heterocycles. The highest BCUT2D eigenvalue weighted by atomic mass is 16.5. The Bertz CT molecular complexity index is 1320. The Kier molecular flexibility index (Phi) is 3.98. The van der Waals surface area contributed by atoms with Gasteiger partial charge in [-0.1, -0.05) is 23.4 Å². The average molecular weight is 384 g/mol. The summed E-state index contributed by atoms with van der Waals surface area (Å²) in [5, 5.41) is 6.67. The number of nitrogens with one attached hydrogen (secondary N) is 1. The number of hydrogen-bond acceptors (Lipinski definition) is 5. The number of furan rings is 1. The maximum Gasteiger partial charge on any atom is 0.277 e. The summed E-state index contributed by atoms with van der Waals surface area (Å²) >= 11 is 0. The van der Waals surface area contributed by atoms with Crippen LogP contribution in [0.5, 0.6) is 0 Å². The number of hydrogen-bond donors (Lipinski definition) is 1. The Morgan fingerprint density at radius 3 is 2.83 bits per heavy atom. The van der Waals surface area contributed by atoms with Crippen LogP contribution >= 0.6 is 0 Å². The molecule has 1 N–H and O–H groups in total. The molecule has 142 valence electrons. The highest BCUT2D eigenvalue weighted by Crippen LogP contribution is 2.25. The zero-order valence-electron chi connectivity index (χ0n) is 15.5. The van der Waals surface area contributed by atoms with Crippen molar-refractivity contribution in [2.24, 2.45) is 0 Å². The fraction of sp³-hybridized carbons (Fsp3) is 0.0455. The smallest absolute Gasteiger partial charge is 0.277 e. The van der Waals surface area contributed by atoms with Gasteiger partial charge in [0.1, 0.15) is 5.65 Å². The van der Waals surface area contributed by atoms with Crippen molar-refractivity contribution in [3.05, 3.63) is 84.5 Å². The van der Waals surface area contributed by atoms with E-state index < -0.39 is 0 Å². The van der Waals surface area contributed by atoms with Crippen molar-refractivity contribution in [1.82, 2.24) is 14.5 Å². The maximum atomic E-state index is 12.5. The topological polar surface area (TPSA) is 85.6 Å². The molecule has 0 radical (unpaired) electrons. The normalized spacial score (nSPS) is 11.1. The lowest BCUT2D eigenvalue weighted by atomic mass is 10.1. The minimum Gasteiger partial charge on any atom is -0.461 e. The highest BCUT2D eigenvalue weighted by molar-refractivity contribution is 6.03. The first-order valence-corrected chi connectivity index (χ1v) is 9.04. The number of nitrogens with zero attached hydrogens (tertiary/aromatic N) is 3. The quantitative estimate of drug-likeness (QED) is 0.481. The molecular formula is C22H16N4O3. The molecule has 4 heterocycles. The number of amides is 1. The van der Waals surface area contributed by atoms with Crippen LogP contribution in [0.2, 0.25) is 0 Å². The summed E-state index contributed by atoms with van der Waals surface area (Å²) < 4.78 is 12.4. The Balaban J connectivity index is 1.39. The SMILES string of the molecule is Cc1cccn2cc(-c3cccc(NC(=O)c4cc(-c5ccco5)on4)c3)nc12. The monoisotopic (exact) mass is 384 g/mol. The number of pyridine rings is 1. The molecule has 0 bridgehead atoms. The van der Waals surface area contributed by atoms with Gasteiger partial charge in [0.2, 0.25) is 5.76 Å². The van der Waals surface area contributed by atoms with Crippen molar-refractivity contribution in [2.45, 2.75) is 6.92 Å². The van der Waals surface area contributed by atoms with Crippen LogP contribution in [-0.2, 0) is 0 Å². The van der Waals surface area contributed by atoms with Gasteiger partial charge in [-0.2, -0.15) is 0 Å². The number of imidazole rings is 1. The first kappa shape index (κ1) is 17.0. The first-order valence-electron chi connectivity index (χ1n) is 9.04. The maximum absolute atomic E-state index is 12.5. The van der Waals surface area contributed by atoms with Gasteiger partial charge in [-0.15, -0.1) is 0 Å². The van der Waals surface area contributed by atoms with Crippen LogP contribution in [0.25, 0.3) is 28.4 Å². The Morgan fingerprint density at radius 2 is 2.00 bits per heavy atom. The summed E-state index contributed by atoms with van der Waals surface area (Å²) in [6.45, 7) is 2.03. The molecule has 7 heteroatoms. The zero-order valence-corrected chi connectivity index (χ0v) is 15.5. The molecular weight excluding hydrogens is 368 g/mol. The van der Waals surface area contributed by atoms with Gasteiger partial charge in [-0.25, -0.2) is 4.98 Å². The molecule has 0 fully saturated rings. The minimum absolute atomic E-state index is 0.171. The van der Waals surface area contributed by atoms with E-state index in [1.54, 1.807) is 18.2 Å². The lowest BCUT2D eigenvalue weighted by Gasteiger charge is -2.04. The van der Waals surface area contributed by atoms with Crippen molar-refractivity contribution in [3.63, 3.8) is 0 Å². The summed E-state index contributed by atoms with van der Waals surface area (Å²) in [6.07, 6.45) is 5.46. The lowest BCUT2D eigenvalue weighted by Crippen LogP contribution is -2.12. The third-order valence-electron chi connectivity index (χ3n) is 4.60. The van der Waals surface area contributed by atoms with E-state index in [1.807, 2.05) is 60.1 Å². The van der Waals surface area contributed by atoms with Gasteiger partial charge < -0.3 is 18.7 Å². The molecule has 0 unspecified atom stereocenters. The molecule has 7 nitrogen and oxygen atoms in total. The number of benzene rings is 1. The number of rotatable bonds is 4. The summed E-state index contributed by atoms with van der Waals surface area (Å²) in [6, 6.07) is 16.6. The Labute approximate surface area is 165 Å². The fourth-order valence-electron chi connectivity index (χ4n) is 3.16. The third kappa shape index (κ3) is 3.19. The fourth-order valence-corrected chi connectivity index (χ4v) is 3.16. The molecule has 0 aliphatic carbocycles. The Hall–Kier alpha value is -4.13. The molecule has 29 heavy (non-hydrogen) atoms. The summed E-state index contributed by atoms with van der Waals surface area (Å²) in [4.78, 5) is 17.3. The van der Waals surface area contributed by atoms with Crippen LogP contribution in [0.3, 0.4) is 0 Å². The van der Waals surface area contributed by atoms with Gasteiger partial charge in [0, 0.05) is 29.7 Å². The van der Waals surface area contributed by atoms with E-state index in [-0.39, 0.29) is 11.6 Å². The van der Waals surface area contributed by atoms with E-state index >= 15 is 0 Å². The van der Waals surface area contributed by atoms with Gasteiger partial charge in [-0.05, 0) is 42.8 Å². The summed E-state index contributed by atoms with van der Waals surface area (Å²) in [5.41, 5.74) is 4.56. The Morgan fingerprint density at radius 1 is 1.07 bits per heavy atom. The minimum atomic E-state index is -0.366. The van der Waals surface area contributed by atoms with E-state index in [0.29, 0.717) is 17.2 Å². The van der Waals surface area contributed by atoms with E-state index in [4.69, 9.17) is 13.9 Å². The number of carbonyl (C=O) groups is 1. The van der Waals surface area contributed by atoms with Crippen molar-refractivity contribution >= 4 is 17.2 Å². The molecule has 0 saturated heterocycles. The van der Waals surface area contributed by atoms with Crippen molar-refractivity contribution in [1.29, 1.82) is 0 Å². The van der Waals surface area contributed by atoms with E-state index in [2.05, 4.69) is 10.5 Å². The molecule has 5 aromatic rings. The average Bonchev–Trinajstić information content (AvgIpc) is 3.47. The first-order chi connectivity index (χ1) is 14.2. The number of aromatic nitrogens is 3. The number of aryl methyl sites for hydroxylation is 1. The summed E-state index contributed by atoms with van der Waals surface area (Å²) in [7, 11) is 0. The third-order valence-corrected chi connectivity index (χ3v) is 4.60. The van der Waals surface area contributed by atoms with Gasteiger partial charge in [0.25, 0.3) is 5.91 Å². The van der Waals surface area contributed by atoms with Gasteiger partial charge in [-0.3, -0.25) is 4.79 Å². The number of anilines is 1. The van der Waals surface area contributed by atoms with Gasteiger partial charge in [0.05, 0.1) is 12.0 Å². The second-order valence-electron chi connectivity index (χ2n) is 6.64. The van der Waals surface area contributed by atoms with Crippen LogP contribution < -0.4 is 5.32 Å². The molecule has 1 aromatic carbocycles. The molecule has 0 spiro atoms. The van der Waals surface area contributed by atoms with Crippen LogP contribution in [0.15, 0.2) is 82.2 Å². The van der Waals surface area contributed by atoms with E-state index in [9.17, 15) is 4.79 Å². The molecule has 1 amide bonds. The lowest BCUT2D eigenvalue weighted by molar-refractivity contribution is 0.101. The number of fused-ring (bicyclic) bond motifs is 1. The second-order valence-corrected chi connectivity index (χ2v) is 6.64. The summed E-state index contributed by atoms with van der Waals surface area (Å²) in [5.74, 6) is 0.546. The van der Waals surface area contributed by atoms with Crippen LogP contribution in [0.1, 0.15) is 16.1 Å². The van der Waals surface area contributed by atoms with Crippen molar-refractivity contribution in [2.75, 3.05) is 5.32 Å². The van der Waals surface area contributed by atoms with Crippen LogP contribution in [0, 0.1) is 6.92 Å². The molecule has 5 rings (SSSR count). The standard InChI is InChI=1S/C22H16N4O3/c1-14-5-3-9-26-13-18(24-21(14)26)15-6-2-7-16(11-15)23-22(27)17-12-20(29-25-17)19-8-4-10-28-19/h2-13H,1H3,(H,23,27). The van der Waals surface area contributed by atoms with Crippen molar-refractivity contribution in [3.8, 4) is 22.8 Å². The predicted molar refractivity (Wildman–Crippen MR) is 108 cm³/mol. The van der Waals surface area contributed by atoms with Crippen LogP contribution in [0.4, 0.5) is 5.69 Å².